The van der Waals surface area contributed by atoms with Crippen molar-refractivity contribution in [2.24, 2.45) is 0 Å². The number of thiazole rings is 1. The Bertz CT molecular complexity index is 1250. The van der Waals surface area contributed by atoms with Crippen molar-refractivity contribution < 1.29 is 17.9 Å². The number of rotatable bonds is 9. The fourth-order valence-electron chi connectivity index (χ4n) is 3.70. The predicted octanol–water partition coefficient (Wildman–Crippen LogP) is 4.62. The van der Waals surface area contributed by atoms with E-state index in [-0.39, 0.29) is 35.4 Å². The van der Waals surface area contributed by atoms with Gasteiger partial charge < -0.3 is 4.74 Å². The summed E-state index contributed by atoms with van der Waals surface area (Å²) in [6.45, 7) is 4.07. The fraction of sp³-hybridized carbons (Fsp3) is 0.391. The monoisotopic (exact) mass is 575 g/mol. The van der Waals surface area contributed by atoms with Gasteiger partial charge >= 0.3 is 0 Å². The SMILES string of the molecule is CSc1cccc2sc(N(CCN3CCOCC3)C(=O)CCS(=O)(=O)c3ccc(Cl)cc3)nc12.Cl. The quantitative estimate of drug-likeness (QED) is 0.344. The zero-order chi connectivity index (χ0) is 24.1. The number of fused-ring (bicyclic) bond motifs is 1. The van der Waals surface area contributed by atoms with Crippen LogP contribution in [0, 0.1) is 0 Å². The van der Waals surface area contributed by atoms with Crippen LogP contribution in [0.1, 0.15) is 6.42 Å². The van der Waals surface area contributed by atoms with Crippen molar-refractivity contribution in [3.63, 3.8) is 0 Å². The van der Waals surface area contributed by atoms with E-state index in [0.717, 1.165) is 28.2 Å². The van der Waals surface area contributed by atoms with Crippen LogP contribution in [0.25, 0.3) is 10.2 Å². The predicted molar refractivity (Wildman–Crippen MR) is 146 cm³/mol. The number of benzene rings is 2. The molecule has 0 radical (unpaired) electrons. The molecule has 0 saturated carbocycles. The Morgan fingerprint density at radius 2 is 1.91 bits per heavy atom. The van der Waals surface area contributed by atoms with Crippen LogP contribution in [0.5, 0.6) is 0 Å². The molecule has 3 aromatic rings. The number of amides is 1. The van der Waals surface area contributed by atoms with E-state index in [4.69, 9.17) is 21.3 Å². The standard InChI is InChI=1S/C23H26ClN3O4S3.ClH/c1-32-19-3-2-4-20-22(19)25-23(33-20)27(11-10-26-12-14-31-15-13-26)21(28)9-16-34(29,30)18-7-5-17(24)6-8-18;/h2-8H,9-16H2,1H3;1H. The molecule has 1 aliphatic rings. The van der Waals surface area contributed by atoms with Crippen LogP contribution in [0.2, 0.25) is 5.02 Å². The molecule has 4 rings (SSSR count). The van der Waals surface area contributed by atoms with Gasteiger partial charge in [-0.1, -0.05) is 29.0 Å². The summed E-state index contributed by atoms with van der Waals surface area (Å²) in [7, 11) is -3.61. The summed E-state index contributed by atoms with van der Waals surface area (Å²) in [6, 6.07) is 12.0. The number of nitrogens with zero attached hydrogens (tertiary/aromatic N) is 3. The number of hydrogen-bond acceptors (Lipinski definition) is 8. The Labute approximate surface area is 225 Å². The average molecular weight is 577 g/mol. The Hall–Kier alpha value is -1.40. The summed E-state index contributed by atoms with van der Waals surface area (Å²) in [5.41, 5.74) is 0.868. The maximum Gasteiger partial charge on any atom is 0.229 e. The maximum atomic E-state index is 13.3. The van der Waals surface area contributed by atoms with Gasteiger partial charge in [0.1, 0.15) is 0 Å². The van der Waals surface area contributed by atoms with Crippen LogP contribution >= 0.6 is 47.1 Å². The minimum absolute atomic E-state index is 0. The van der Waals surface area contributed by atoms with Crippen molar-refractivity contribution in [2.75, 3.05) is 56.3 Å². The van der Waals surface area contributed by atoms with Gasteiger partial charge in [0.25, 0.3) is 0 Å². The fourth-order valence-corrected chi connectivity index (χ4v) is 6.72. The molecule has 2 aromatic carbocycles. The van der Waals surface area contributed by atoms with Crippen LogP contribution in [0.4, 0.5) is 5.13 Å². The normalized spacial score (nSPS) is 14.6. The molecule has 7 nitrogen and oxygen atoms in total. The molecular formula is C23H27Cl2N3O4S3. The van der Waals surface area contributed by atoms with E-state index >= 15 is 0 Å². The smallest absolute Gasteiger partial charge is 0.229 e. The first-order valence-corrected chi connectivity index (χ1v) is 15.0. The summed E-state index contributed by atoms with van der Waals surface area (Å²) in [4.78, 5) is 23.2. The van der Waals surface area contributed by atoms with Gasteiger partial charge in [-0.25, -0.2) is 13.4 Å². The molecule has 1 amide bonds. The van der Waals surface area contributed by atoms with Crippen LogP contribution in [-0.4, -0.2) is 75.6 Å². The lowest BCUT2D eigenvalue weighted by atomic mass is 10.3. The lowest BCUT2D eigenvalue weighted by Gasteiger charge is -2.29. The molecule has 190 valence electrons. The lowest BCUT2D eigenvalue weighted by molar-refractivity contribution is -0.118. The average Bonchev–Trinajstić information content (AvgIpc) is 3.28. The van der Waals surface area contributed by atoms with Gasteiger partial charge in [0.15, 0.2) is 15.0 Å². The number of thioether (sulfide) groups is 1. The molecule has 0 spiro atoms. The second-order valence-corrected chi connectivity index (χ2v) is 12.2. The maximum absolute atomic E-state index is 13.3. The summed E-state index contributed by atoms with van der Waals surface area (Å²) < 4.78 is 32.0. The molecular weight excluding hydrogens is 549 g/mol. The Kier molecular flexibility index (Phi) is 10.2. The molecule has 1 fully saturated rings. The lowest BCUT2D eigenvalue weighted by Crippen LogP contribution is -2.43. The van der Waals surface area contributed by atoms with E-state index in [9.17, 15) is 13.2 Å². The van der Waals surface area contributed by atoms with Crippen molar-refractivity contribution >= 4 is 78.2 Å². The van der Waals surface area contributed by atoms with E-state index in [1.54, 1.807) is 16.7 Å². The van der Waals surface area contributed by atoms with Gasteiger partial charge in [-0.2, -0.15) is 0 Å². The number of para-hydroxylation sites is 1. The summed E-state index contributed by atoms with van der Waals surface area (Å²) >= 11 is 8.94. The summed E-state index contributed by atoms with van der Waals surface area (Å²) in [5.74, 6) is -0.529. The van der Waals surface area contributed by atoms with Crippen molar-refractivity contribution in [3.05, 3.63) is 47.5 Å². The van der Waals surface area contributed by atoms with Gasteiger partial charge in [-0.15, -0.1) is 24.2 Å². The molecule has 0 aliphatic carbocycles. The number of anilines is 1. The molecule has 35 heavy (non-hydrogen) atoms. The molecule has 1 aromatic heterocycles. The van der Waals surface area contributed by atoms with Crippen molar-refractivity contribution in [3.8, 4) is 0 Å². The van der Waals surface area contributed by atoms with E-state index in [0.29, 0.717) is 36.5 Å². The number of sulfone groups is 1. The molecule has 12 heteroatoms. The van der Waals surface area contributed by atoms with E-state index < -0.39 is 9.84 Å². The Morgan fingerprint density at radius 1 is 1.20 bits per heavy atom. The summed E-state index contributed by atoms with van der Waals surface area (Å²) in [5, 5.41) is 1.06. The third-order valence-corrected chi connectivity index (χ3v) is 9.42. The van der Waals surface area contributed by atoms with Gasteiger partial charge in [0, 0.05) is 42.5 Å². The van der Waals surface area contributed by atoms with Crippen molar-refractivity contribution in [1.29, 1.82) is 0 Å². The Balaban J connectivity index is 0.00000342. The molecule has 0 N–H and O–H groups in total. The number of ether oxygens (including phenoxy) is 1. The molecule has 1 saturated heterocycles. The van der Waals surface area contributed by atoms with E-state index in [1.807, 2.05) is 24.5 Å². The zero-order valence-corrected chi connectivity index (χ0v) is 23.2. The van der Waals surface area contributed by atoms with Gasteiger partial charge in [0.2, 0.25) is 5.91 Å². The molecule has 1 aliphatic heterocycles. The highest BCUT2D eigenvalue weighted by Crippen LogP contribution is 2.34. The highest BCUT2D eigenvalue weighted by Gasteiger charge is 2.24. The summed E-state index contributed by atoms with van der Waals surface area (Å²) in [6.07, 6.45) is 1.87. The van der Waals surface area contributed by atoms with Crippen LogP contribution < -0.4 is 4.90 Å². The van der Waals surface area contributed by atoms with Gasteiger partial charge in [0.05, 0.1) is 34.1 Å². The third kappa shape index (κ3) is 7.09. The van der Waals surface area contributed by atoms with Crippen LogP contribution in [0.15, 0.2) is 52.3 Å². The minimum Gasteiger partial charge on any atom is -0.379 e. The molecule has 0 bridgehead atoms. The highest BCUT2D eigenvalue weighted by molar-refractivity contribution is 7.98. The van der Waals surface area contributed by atoms with Crippen LogP contribution in [0.3, 0.4) is 0 Å². The van der Waals surface area contributed by atoms with E-state index in [1.165, 1.54) is 35.6 Å². The largest absolute Gasteiger partial charge is 0.379 e. The molecule has 2 heterocycles. The zero-order valence-electron chi connectivity index (χ0n) is 19.2. The first-order valence-electron chi connectivity index (χ1n) is 10.9. The van der Waals surface area contributed by atoms with Gasteiger partial charge in [-0.3, -0.25) is 14.6 Å². The first-order chi connectivity index (χ1) is 16.4. The minimum atomic E-state index is -3.61. The topological polar surface area (TPSA) is 79.8 Å². The third-order valence-electron chi connectivity index (χ3n) is 5.62. The second-order valence-electron chi connectivity index (χ2n) is 7.83. The number of halogens is 2. The molecule has 0 atom stereocenters. The number of morpholine rings is 1. The second kappa shape index (κ2) is 12.7. The first kappa shape index (κ1) is 28.2. The number of aromatic nitrogens is 1. The van der Waals surface area contributed by atoms with E-state index in [2.05, 4.69) is 4.90 Å². The molecule has 0 unspecified atom stereocenters. The number of carbonyl (C=O) groups is 1. The van der Waals surface area contributed by atoms with Gasteiger partial charge in [-0.05, 0) is 42.7 Å². The highest BCUT2D eigenvalue weighted by atomic mass is 35.5. The number of carbonyl (C=O) groups excluding carboxylic acids is 1. The van der Waals surface area contributed by atoms with Crippen LogP contribution in [-0.2, 0) is 19.4 Å². The van der Waals surface area contributed by atoms with Crippen molar-refractivity contribution in [1.82, 2.24) is 9.88 Å². The number of hydrogen-bond donors (Lipinski definition) is 0. The Morgan fingerprint density at radius 3 is 2.60 bits per heavy atom. The van der Waals surface area contributed by atoms with Crippen molar-refractivity contribution in [2.45, 2.75) is 16.2 Å².